The van der Waals surface area contributed by atoms with Crippen LogP contribution < -0.4 is 4.74 Å². The summed E-state index contributed by atoms with van der Waals surface area (Å²) in [6, 6.07) is 17.4. The first-order chi connectivity index (χ1) is 8.76. The molecule has 0 aliphatic rings. The van der Waals surface area contributed by atoms with Gasteiger partial charge in [-0.3, -0.25) is 0 Å². The van der Waals surface area contributed by atoms with Gasteiger partial charge in [-0.05, 0) is 29.8 Å². The van der Waals surface area contributed by atoms with Gasteiger partial charge in [0.15, 0.2) is 0 Å². The molecule has 0 atom stereocenters. The number of rotatable bonds is 3. The van der Waals surface area contributed by atoms with Crippen LogP contribution in [-0.4, -0.2) is 17.7 Å². The molecular weight excluding hydrogens is 250 g/mol. The van der Waals surface area contributed by atoms with E-state index in [0.29, 0.717) is 6.61 Å². The van der Waals surface area contributed by atoms with Crippen molar-refractivity contribution in [3.8, 4) is 5.75 Å². The lowest BCUT2D eigenvalue weighted by atomic mass is 10.2. The molecule has 0 aliphatic heterocycles. The third-order valence-corrected chi connectivity index (χ3v) is 2.31. The Balaban J connectivity index is 0.000000492. The molecule has 18 heavy (non-hydrogen) atoms. The van der Waals surface area contributed by atoms with Crippen molar-refractivity contribution in [3.05, 3.63) is 65.2 Å². The normalized spacial score (nSPS) is 9.06. The summed E-state index contributed by atoms with van der Waals surface area (Å²) in [7, 11) is -0.750. The molecule has 2 aromatic rings. The molecule has 0 bridgehead atoms. The molecule has 0 fully saturated rings. The van der Waals surface area contributed by atoms with Gasteiger partial charge < -0.3 is 14.8 Å². The van der Waals surface area contributed by atoms with Crippen molar-refractivity contribution in [1.82, 2.24) is 0 Å². The van der Waals surface area contributed by atoms with Crippen LogP contribution in [0.15, 0.2) is 54.6 Å². The Kier molecular flexibility index (Phi) is 6.95. The van der Waals surface area contributed by atoms with Crippen molar-refractivity contribution >= 4 is 19.3 Å². The van der Waals surface area contributed by atoms with Crippen LogP contribution >= 0.6 is 11.6 Å². The Hall–Kier alpha value is -1.49. The summed E-state index contributed by atoms with van der Waals surface area (Å²) in [6.45, 7) is 0.571. The van der Waals surface area contributed by atoms with E-state index in [-0.39, 0.29) is 0 Å². The van der Waals surface area contributed by atoms with E-state index in [0.717, 1.165) is 16.3 Å². The van der Waals surface area contributed by atoms with Crippen LogP contribution in [-0.2, 0) is 6.61 Å². The minimum atomic E-state index is -0.750. The summed E-state index contributed by atoms with van der Waals surface area (Å²) < 4.78 is 5.59. The maximum Gasteiger partial charge on any atom is 0.432 e. The molecule has 0 radical (unpaired) electrons. The van der Waals surface area contributed by atoms with Gasteiger partial charge in [0.1, 0.15) is 12.4 Å². The molecule has 0 aliphatic carbocycles. The fourth-order valence-electron chi connectivity index (χ4n) is 1.26. The van der Waals surface area contributed by atoms with Gasteiger partial charge in [0, 0.05) is 5.02 Å². The molecule has 0 saturated carbocycles. The summed E-state index contributed by atoms with van der Waals surface area (Å²) in [5.41, 5.74) is 1.11. The van der Waals surface area contributed by atoms with Crippen LogP contribution in [0.5, 0.6) is 5.75 Å². The SMILES string of the molecule is Clc1ccc(COc2ccccc2)cc1.OBO. The highest BCUT2D eigenvalue weighted by Gasteiger charge is 1.94. The molecule has 3 nitrogen and oxygen atoms in total. The molecule has 5 heteroatoms. The van der Waals surface area contributed by atoms with Crippen LogP contribution in [0.1, 0.15) is 5.56 Å². The van der Waals surface area contributed by atoms with Gasteiger partial charge in [-0.25, -0.2) is 0 Å². The van der Waals surface area contributed by atoms with E-state index in [1.54, 1.807) is 0 Å². The molecule has 94 valence electrons. The second-order valence-electron chi connectivity index (χ2n) is 3.37. The summed E-state index contributed by atoms with van der Waals surface area (Å²) in [6.07, 6.45) is 0. The number of para-hydroxylation sites is 1. The second-order valence-corrected chi connectivity index (χ2v) is 3.81. The summed E-state index contributed by atoms with van der Waals surface area (Å²) in [5.74, 6) is 0.882. The van der Waals surface area contributed by atoms with E-state index < -0.39 is 7.69 Å². The molecule has 0 unspecified atom stereocenters. The Morgan fingerprint density at radius 1 is 0.944 bits per heavy atom. The van der Waals surface area contributed by atoms with E-state index in [9.17, 15) is 0 Å². The molecule has 2 rings (SSSR count). The number of halogens is 1. The molecule has 0 saturated heterocycles. The molecule has 0 aromatic heterocycles. The molecule has 0 amide bonds. The van der Waals surface area contributed by atoms with Gasteiger partial charge in [-0.15, -0.1) is 0 Å². The first-order valence-corrected chi connectivity index (χ1v) is 5.78. The zero-order valence-electron chi connectivity index (χ0n) is 9.79. The molecule has 0 spiro atoms. The van der Waals surface area contributed by atoms with Gasteiger partial charge in [0.05, 0.1) is 0 Å². The highest BCUT2D eigenvalue weighted by Crippen LogP contribution is 2.13. The van der Waals surface area contributed by atoms with E-state index >= 15 is 0 Å². The summed E-state index contributed by atoms with van der Waals surface area (Å²) in [5, 5.41) is 15.0. The Labute approximate surface area is 112 Å². The van der Waals surface area contributed by atoms with Gasteiger partial charge in [-0.1, -0.05) is 41.9 Å². The van der Waals surface area contributed by atoms with Crippen LogP contribution in [0.4, 0.5) is 0 Å². The number of hydrogen-bond donors (Lipinski definition) is 2. The first kappa shape index (κ1) is 14.6. The largest absolute Gasteiger partial charge is 0.489 e. The lowest BCUT2D eigenvalue weighted by molar-refractivity contribution is 0.306. The van der Waals surface area contributed by atoms with Gasteiger partial charge >= 0.3 is 7.69 Å². The molecule has 2 aromatic carbocycles. The van der Waals surface area contributed by atoms with Crippen molar-refractivity contribution in [2.75, 3.05) is 0 Å². The quantitative estimate of drug-likeness (QED) is 0.835. The highest BCUT2D eigenvalue weighted by atomic mass is 35.5. The van der Waals surface area contributed by atoms with Gasteiger partial charge in [0.25, 0.3) is 0 Å². The number of benzene rings is 2. The Morgan fingerprint density at radius 2 is 1.50 bits per heavy atom. The third-order valence-electron chi connectivity index (χ3n) is 2.06. The second kappa shape index (κ2) is 8.58. The summed E-state index contributed by atoms with van der Waals surface area (Å²) in [4.78, 5) is 0. The predicted molar refractivity (Wildman–Crippen MR) is 73.8 cm³/mol. The van der Waals surface area contributed by atoms with Crippen LogP contribution in [0.2, 0.25) is 5.02 Å². The van der Waals surface area contributed by atoms with E-state index in [4.69, 9.17) is 26.4 Å². The highest BCUT2D eigenvalue weighted by molar-refractivity contribution is 6.30. The Morgan fingerprint density at radius 3 is 2.06 bits per heavy atom. The topological polar surface area (TPSA) is 49.7 Å². The molecule has 2 N–H and O–H groups in total. The monoisotopic (exact) mass is 264 g/mol. The van der Waals surface area contributed by atoms with E-state index in [1.165, 1.54) is 0 Å². The zero-order valence-corrected chi connectivity index (χ0v) is 10.5. The first-order valence-electron chi connectivity index (χ1n) is 5.40. The number of ether oxygens (including phenoxy) is 1. The van der Waals surface area contributed by atoms with Gasteiger partial charge in [0.2, 0.25) is 0 Å². The van der Waals surface area contributed by atoms with Crippen molar-refractivity contribution in [3.63, 3.8) is 0 Å². The van der Waals surface area contributed by atoms with E-state index in [2.05, 4.69) is 0 Å². The van der Waals surface area contributed by atoms with Crippen LogP contribution in [0.3, 0.4) is 0 Å². The minimum Gasteiger partial charge on any atom is -0.489 e. The number of hydrogen-bond acceptors (Lipinski definition) is 3. The van der Waals surface area contributed by atoms with Crippen molar-refractivity contribution < 1.29 is 14.8 Å². The van der Waals surface area contributed by atoms with Crippen molar-refractivity contribution in [2.24, 2.45) is 0 Å². The predicted octanol–water partition coefficient (Wildman–Crippen LogP) is 2.16. The van der Waals surface area contributed by atoms with Crippen LogP contribution in [0, 0.1) is 0 Å². The zero-order chi connectivity index (χ0) is 13.2. The average molecular weight is 265 g/mol. The minimum absolute atomic E-state index is 0.571. The van der Waals surface area contributed by atoms with Crippen LogP contribution in [0.25, 0.3) is 0 Å². The maximum absolute atomic E-state index is 7.12. The Bertz CT molecular complexity index is 434. The lowest BCUT2D eigenvalue weighted by Gasteiger charge is -2.05. The fourth-order valence-corrected chi connectivity index (χ4v) is 1.39. The van der Waals surface area contributed by atoms with Crippen molar-refractivity contribution in [1.29, 1.82) is 0 Å². The smallest absolute Gasteiger partial charge is 0.432 e. The third kappa shape index (κ3) is 5.73. The fraction of sp³-hybridized carbons (Fsp3) is 0.0769. The lowest BCUT2D eigenvalue weighted by Crippen LogP contribution is -1.94. The summed E-state index contributed by atoms with van der Waals surface area (Å²) >= 11 is 5.79. The molecular formula is C13H14BClO3. The standard InChI is InChI=1S/C13H11ClO.BH3O2/c14-12-8-6-11(7-9-12)10-15-13-4-2-1-3-5-13;2-1-3/h1-9H,10H2;1-3H. The average Bonchev–Trinajstić information content (AvgIpc) is 2.40. The maximum atomic E-state index is 7.12. The van der Waals surface area contributed by atoms with Gasteiger partial charge in [-0.2, -0.15) is 0 Å². The van der Waals surface area contributed by atoms with Crippen molar-refractivity contribution in [2.45, 2.75) is 6.61 Å². The molecule has 0 heterocycles. The van der Waals surface area contributed by atoms with E-state index in [1.807, 2.05) is 54.6 Å².